The molecule has 0 aliphatic rings. The van der Waals surface area contributed by atoms with Gasteiger partial charge in [0.2, 0.25) is 0 Å². The SMILES string of the molecule is CN(C)CCCN(C)CCC(=O)c1cccc(Cl)c1. The third-order valence-corrected chi connectivity index (χ3v) is 3.25. The lowest BCUT2D eigenvalue weighted by atomic mass is 10.1. The first-order chi connectivity index (χ1) is 8.99. The van der Waals surface area contributed by atoms with E-state index in [-0.39, 0.29) is 5.78 Å². The lowest BCUT2D eigenvalue weighted by Crippen LogP contribution is -2.26. The minimum absolute atomic E-state index is 0.155. The topological polar surface area (TPSA) is 23.6 Å². The highest BCUT2D eigenvalue weighted by Gasteiger charge is 2.08. The molecule has 106 valence electrons. The van der Waals surface area contributed by atoms with Crippen LogP contribution in [-0.4, -0.2) is 56.4 Å². The number of ketones is 1. The van der Waals surface area contributed by atoms with Gasteiger partial charge in [-0.25, -0.2) is 0 Å². The molecule has 0 saturated heterocycles. The van der Waals surface area contributed by atoms with Gasteiger partial charge in [0.15, 0.2) is 5.78 Å². The Balaban J connectivity index is 2.30. The fourth-order valence-corrected chi connectivity index (χ4v) is 2.06. The second-order valence-electron chi connectivity index (χ2n) is 5.14. The van der Waals surface area contributed by atoms with E-state index in [1.807, 2.05) is 12.1 Å². The van der Waals surface area contributed by atoms with Crippen LogP contribution in [0.1, 0.15) is 23.2 Å². The summed E-state index contributed by atoms with van der Waals surface area (Å²) in [6.45, 7) is 2.88. The van der Waals surface area contributed by atoms with Crippen molar-refractivity contribution in [1.29, 1.82) is 0 Å². The second-order valence-corrected chi connectivity index (χ2v) is 5.58. The van der Waals surface area contributed by atoms with Crippen LogP contribution < -0.4 is 0 Å². The van der Waals surface area contributed by atoms with Crippen molar-refractivity contribution in [3.63, 3.8) is 0 Å². The molecule has 1 aromatic carbocycles. The number of halogens is 1. The molecule has 0 spiro atoms. The molecule has 0 unspecified atom stereocenters. The first kappa shape index (κ1) is 16.2. The van der Waals surface area contributed by atoms with Crippen molar-refractivity contribution in [2.24, 2.45) is 0 Å². The third-order valence-electron chi connectivity index (χ3n) is 3.01. The molecule has 0 radical (unpaired) electrons. The zero-order chi connectivity index (χ0) is 14.3. The summed E-state index contributed by atoms with van der Waals surface area (Å²) in [5, 5.41) is 0.616. The summed E-state index contributed by atoms with van der Waals surface area (Å²) < 4.78 is 0. The number of carbonyl (C=O) groups is 1. The average molecular weight is 283 g/mol. The van der Waals surface area contributed by atoms with E-state index in [9.17, 15) is 4.79 Å². The third kappa shape index (κ3) is 6.71. The lowest BCUT2D eigenvalue weighted by Gasteiger charge is -2.17. The van der Waals surface area contributed by atoms with Gasteiger partial charge in [-0.05, 0) is 52.8 Å². The minimum atomic E-state index is 0.155. The van der Waals surface area contributed by atoms with Crippen molar-refractivity contribution in [2.75, 3.05) is 40.8 Å². The van der Waals surface area contributed by atoms with Gasteiger partial charge in [-0.1, -0.05) is 23.7 Å². The average Bonchev–Trinajstić information content (AvgIpc) is 2.35. The number of nitrogens with zero attached hydrogens (tertiary/aromatic N) is 2. The normalized spacial score (nSPS) is 11.3. The van der Waals surface area contributed by atoms with Crippen molar-refractivity contribution in [3.8, 4) is 0 Å². The summed E-state index contributed by atoms with van der Waals surface area (Å²) in [5.74, 6) is 0.155. The predicted molar refractivity (Wildman–Crippen MR) is 81.1 cm³/mol. The number of benzene rings is 1. The Morgan fingerprint density at radius 3 is 2.53 bits per heavy atom. The fraction of sp³-hybridized carbons (Fsp3) is 0.533. The van der Waals surface area contributed by atoms with E-state index in [1.54, 1.807) is 12.1 Å². The van der Waals surface area contributed by atoms with Gasteiger partial charge in [-0.15, -0.1) is 0 Å². The Morgan fingerprint density at radius 1 is 1.16 bits per heavy atom. The molecule has 0 heterocycles. The summed E-state index contributed by atoms with van der Waals surface area (Å²) in [4.78, 5) is 16.4. The highest BCUT2D eigenvalue weighted by Crippen LogP contribution is 2.12. The Labute approximate surface area is 121 Å². The molecule has 0 N–H and O–H groups in total. The fourth-order valence-electron chi connectivity index (χ4n) is 1.87. The van der Waals surface area contributed by atoms with Gasteiger partial charge in [0, 0.05) is 23.6 Å². The number of Topliss-reactive ketones (excluding diaryl/α,β-unsaturated/α-hetero) is 1. The van der Waals surface area contributed by atoms with E-state index < -0.39 is 0 Å². The van der Waals surface area contributed by atoms with Crippen molar-refractivity contribution in [1.82, 2.24) is 9.80 Å². The van der Waals surface area contributed by atoms with E-state index >= 15 is 0 Å². The van der Waals surface area contributed by atoms with Crippen LogP contribution in [0.4, 0.5) is 0 Å². The molecule has 4 heteroatoms. The summed E-state index contributed by atoms with van der Waals surface area (Å²) >= 11 is 5.88. The van der Waals surface area contributed by atoms with E-state index in [0.717, 1.165) is 26.1 Å². The summed E-state index contributed by atoms with van der Waals surface area (Å²) in [6.07, 6.45) is 1.66. The van der Waals surface area contributed by atoms with Crippen LogP contribution in [0.25, 0.3) is 0 Å². The van der Waals surface area contributed by atoms with Crippen LogP contribution in [0.15, 0.2) is 24.3 Å². The smallest absolute Gasteiger partial charge is 0.164 e. The zero-order valence-electron chi connectivity index (χ0n) is 12.0. The molecule has 1 aromatic rings. The molecule has 0 aromatic heterocycles. The van der Waals surface area contributed by atoms with Crippen LogP contribution in [0, 0.1) is 0 Å². The maximum atomic E-state index is 12.0. The van der Waals surface area contributed by atoms with Crippen LogP contribution in [0.3, 0.4) is 0 Å². The van der Waals surface area contributed by atoms with Gasteiger partial charge in [-0.3, -0.25) is 4.79 Å². The van der Waals surface area contributed by atoms with Crippen molar-refractivity contribution in [2.45, 2.75) is 12.8 Å². The van der Waals surface area contributed by atoms with Crippen LogP contribution in [0.5, 0.6) is 0 Å². The monoisotopic (exact) mass is 282 g/mol. The molecule has 0 bridgehead atoms. The summed E-state index contributed by atoms with van der Waals surface area (Å²) in [6, 6.07) is 7.15. The molecular weight excluding hydrogens is 260 g/mol. The maximum Gasteiger partial charge on any atom is 0.164 e. The van der Waals surface area contributed by atoms with Crippen LogP contribution >= 0.6 is 11.6 Å². The molecule has 0 amide bonds. The Bertz CT molecular complexity index is 407. The first-order valence-corrected chi connectivity index (χ1v) is 6.99. The Kier molecular flexibility index (Phi) is 7.06. The lowest BCUT2D eigenvalue weighted by molar-refractivity contribution is 0.0968. The number of hydrogen-bond acceptors (Lipinski definition) is 3. The van der Waals surface area contributed by atoms with E-state index in [4.69, 9.17) is 11.6 Å². The maximum absolute atomic E-state index is 12.0. The molecule has 0 fully saturated rings. The minimum Gasteiger partial charge on any atom is -0.309 e. The molecule has 19 heavy (non-hydrogen) atoms. The number of carbonyl (C=O) groups excluding carboxylic acids is 1. The van der Waals surface area contributed by atoms with Gasteiger partial charge in [0.25, 0.3) is 0 Å². The van der Waals surface area contributed by atoms with Crippen LogP contribution in [-0.2, 0) is 0 Å². The second kappa shape index (κ2) is 8.31. The predicted octanol–water partition coefficient (Wildman–Crippen LogP) is 2.80. The van der Waals surface area contributed by atoms with Gasteiger partial charge in [0.05, 0.1) is 0 Å². The van der Waals surface area contributed by atoms with Crippen molar-refractivity contribution >= 4 is 17.4 Å². The molecule has 0 saturated carbocycles. The molecular formula is C15H23ClN2O. The zero-order valence-corrected chi connectivity index (χ0v) is 12.8. The summed E-state index contributed by atoms with van der Waals surface area (Å²) in [7, 11) is 6.20. The Morgan fingerprint density at radius 2 is 1.89 bits per heavy atom. The van der Waals surface area contributed by atoms with E-state index in [2.05, 4.69) is 30.9 Å². The molecule has 3 nitrogen and oxygen atoms in total. The highest BCUT2D eigenvalue weighted by molar-refractivity contribution is 6.31. The quantitative estimate of drug-likeness (QED) is 0.685. The Hall–Kier alpha value is -0.900. The number of rotatable bonds is 8. The first-order valence-electron chi connectivity index (χ1n) is 6.61. The molecule has 1 rings (SSSR count). The highest BCUT2D eigenvalue weighted by atomic mass is 35.5. The van der Waals surface area contributed by atoms with Crippen LogP contribution in [0.2, 0.25) is 5.02 Å². The van der Waals surface area contributed by atoms with Gasteiger partial charge in [-0.2, -0.15) is 0 Å². The number of hydrogen-bond donors (Lipinski definition) is 0. The summed E-state index contributed by atoms with van der Waals surface area (Å²) in [5.41, 5.74) is 0.703. The largest absolute Gasteiger partial charge is 0.309 e. The van der Waals surface area contributed by atoms with Crippen molar-refractivity contribution < 1.29 is 4.79 Å². The van der Waals surface area contributed by atoms with Crippen molar-refractivity contribution in [3.05, 3.63) is 34.9 Å². The van der Waals surface area contributed by atoms with Gasteiger partial charge < -0.3 is 9.80 Å². The molecule has 0 aliphatic heterocycles. The van der Waals surface area contributed by atoms with E-state index in [1.165, 1.54) is 0 Å². The van der Waals surface area contributed by atoms with Gasteiger partial charge >= 0.3 is 0 Å². The molecule has 0 atom stereocenters. The van der Waals surface area contributed by atoms with Gasteiger partial charge in [0.1, 0.15) is 0 Å². The molecule has 0 aliphatic carbocycles. The van der Waals surface area contributed by atoms with E-state index in [0.29, 0.717) is 17.0 Å². The standard InChI is InChI=1S/C15H23ClN2O/c1-17(2)9-5-10-18(3)11-8-15(19)13-6-4-7-14(16)12-13/h4,6-7,12H,5,8-11H2,1-3H3.